The van der Waals surface area contributed by atoms with E-state index in [1.54, 1.807) is 33.1 Å². The van der Waals surface area contributed by atoms with E-state index in [0.717, 1.165) is 16.4 Å². The molecule has 0 saturated carbocycles. The Kier molecular flexibility index (Phi) is 3.78. The minimum absolute atomic E-state index is 0.603. The average Bonchev–Trinajstić information content (AvgIpc) is 2.90. The van der Waals surface area contributed by atoms with Gasteiger partial charge in [-0.15, -0.1) is 11.8 Å². The number of benzene rings is 1. The lowest BCUT2D eigenvalue weighted by Gasteiger charge is -2.13. The van der Waals surface area contributed by atoms with Crippen molar-refractivity contribution in [2.45, 2.75) is 0 Å². The van der Waals surface area contributed by atoms with Crippen LogP contribution in [0.25, 0.3) is 0 Å². The lowest BCUT2D eigenvalue weighted by molar-refractivity contribution is 0.324. The molecule has 5 heteroatoms. The lowest BCUT2D eigenvalue weighted by Crippen LogP contribution is -1.99. The van der Waals surface area contributed by atoms with Gasteiger partial charge in [-0.1, -0.05) is 0 Å². The average molecular weight is 252 g/mol. The van der Waals surface area contributed by atoms with Crippen LogP contribution >= 0.6 is 11.8 Å². The van der Waals surface area contributed by atoms with Gasteiger partial charge < -0.3 is 14.2 Å². The summed E-state index contributed by atoms with van der Waals surface area (Å²) in [5, 5.41) is 0.976. The highest BCUT2D eigenvalue weighted by Gasteiger charge is 2.17. The zero-order chi connectivity index (χ0) is 12.3. The van der Waals surface area contributed by atoms with Crippen LogP contribution in [-0.2, 0) is 0 Å². The van der Waals surface area contributed by atoms with Crippen LogP contribution in [0.4, 0.5) is 0 Å². The molecule has 0 spiro atoms. The van der Waals surface area contributed by atoms with E-state index in [1.165, 1.54) is 0 Å². The Morgan fingerprint density at radius 1 is 1.06 bits per heavy atom. The Bertz CT molecular complexity index is 420. The molecule has 1 aromatic carbocycles. The Morgan fingerprint density at radius 3 is 2.12 bits per heavy atom. The van der Waals surface area contributed by atoms with Crippen LogP contribution in [0, 0.1) is 6.54 Å². The number of aliphatic imine (C=N–C) groups is 1. The molecule has 91 valence electrons. The number of methoxy groups -OCH3 is 3. The summed E-state index contributed by atoms with van der Waals surface area (Å²) in [6.45, 7) is 1.89. The topological polar surface area (TPSA) is 40.0 Å². The highest BCUT2D eigenvalue weighted by atomic mass is 32.2. The van der Waals surface area contributed by atoms with Crippen molar-refractivity contribution in [2.24, 2.45) is 4.99 Å². The van der Waals surface area contributed by atoms with Crippen LogP contribution in [-0.4, -0.2) is 32.1 Å². The molecule has 1 aromatic rings. The predicted molar refractivity (Wildman–Crippen MR) is 69.4 cm³/mol. The number of thioether (sulfide) groups is 1. The molecule has 0 amide bonds. The maximum absolute atomic E-state index is 5.30. The van der Waals surface area contributed by atoms with E-state index in [4.69, 9.17) is 14.2 Å². The minimum atomic E-state index is 0.603. The summed E-state index contributed by atoms with van der Waals surface area (Å²) < 4.78 is 15.9. The molecule has 0 saturated heterocycles. The first-order valence-electron chi connectivity index (χ1n) is 5.12. The van der Waals surface area contributed by atoms with Crippen molar-refractivity contribution >= 4 is 16.8 Å². The Hall–Kier alpha value is -1.36. The van der Waals surface area contributed by atoms with Gasteiger partial charge in [0.1, 0.15) is 0 Å². The lowest BCUT2D eigenvalue weighted by atomic mass is 10.2. The summed E-state index contributed by atoms with van der Waals surface area (Å²) in [5.41, 5.74) is 0.984. The van der Waals surface area contributed by atoms with Crippen LogP contribution in [0.5, 0.6) is 17.2 Å². The summed E-state index contributed by atoms with van der Waals surface area (Å²) in [4.78, 5) is 4.31. The smallest absolute Gasteiger partial charge is 0.203 e. The van der Waals surface area contributed by atoms with Gasteiger partial charge >= 0.3 is 0 Å². The fourth-order valence-corrected chi connectivity index (χ4v) is 2.38. The molecule has 0 N–H and O–H groups in total. The normalized spacial score (nSPS) is 14.4. The zero-order valence-corrected chi connectivity index (χ0v) is 10.8. The highest BCUT2D eigenvalue weighted by molar-refractivity contribution is 8.14. The van der Waals surface area contributed by atoms with Crippen LogP contribution in [0.15, 0.2) is 17.1 Å². The highest BCUT2D eigenvalue weighted by Crippen LogP contribution is 2.39. The molecule has 1 aliphatic rings. The number of nitrogens with zero attached hydrogens (tertiary/aromatic N) is 1. The predicted octanol–water partition coefficient (Wildman–Crippen LogP) is 2.37. The number of rotatable bonds is 4. The van der Waals surface area contributed by atoms with Gasteiger partial charge in [0.15, 0.2) is 11.5 Å². The van der Waals surface area contributed by atoms with Gasteiger partial charge in [-0.3, -0.25) is 4.99 Å². The minimum Gasteiger partial charge on any atom is -0.493 e. The van der Waals surface area contributed by atoms with E-state index in [2.05, 4.69) is 4.99 Å². The largest absolute Gasteiger partial charge is 0.493 e. The molecular weight excluding hydrogens is 238 g/mol. The van der Waals surface area contributed by atoms with E-state index < -0.39 is 0 Å². The van der Waals surface area contributed by atoms with Gasteiger partial charge in [-0.2, -0.15) is 0 Å². The van der Waals surface area contributed by atoms with Crippen LogP contribution in [0.1, 0.15) is 5.56 Å². The van der Waals surface area contributed by atoms with Crippen LogP contribution in [0.2, 0.25) is 0 Å². The van der Waals surface area contributed by atoms with E-state index in [0.29, 0.717) is 17.2 Å². The maximum atomic E-state index is 5.30. The fraction of sp³-hybridized carbons (Fsp3) is 0.333. The molecule has 0 aliphatic carbocycles. The summed E-state index contributed by atoms with van der Waals surface area (Å²) in [5.74, 6) is 2.81. The molecule has 0 bridgehead atoms. The van der Waals surface area contributed by atoms with Gasteiger partial charge in [0.25, 0.3) is 0 Å². The summed E-state index contributed by atoms with van der Waals surface area (Å²) in [6, 6.07) is 3.82. The second kappa shape index (κ2) is 5.31. The summed E-state index contributed by atoms with van der Waals surface area (Å²) in [7, 11) is 4.81. The standard InChI is InChI=1S/C12H14NO3S/c1-14-9-6-8(12-13-4-5-17-12)7-10(15-2)11(9)16-3/h4,6-7H,5H2,1-3H3. The number of hydrogen-bond donors (Lipinski definition) is 0. The summed E-state index contributed by atoms with van der Waals surface area (Å²) >= 11 is 1.69. The first-order chi connectivity index (χ1) is 8.30. The fourth-order valence-electron chi connectivity index (χ4n) is 1.64. The van der Waals surface area contributed by atoms with E-state index >= 15 is 0 Å². The number of hydrogen-bond acceptors (Lipinski definition) is 5. The molecule has 0 atom stereocenters. The third-order valence-electron chi connectivity index (χ3n) is 2.41. The molecule has 1 radical (unpaired) electrons. The molecule has 0 aromatic heterocycles. The van der Waals surface area contributed by atoms with Crippen molar-refractivity contribution < 1.29 is 14.2 Å². The van der Waals surface area contributed by atoms with Crippen LogP contribution in [0.3, 0.4) is 0 Å². The number of ether oxygens (including phenoxy) is 3. The molecule has 17 heavy (non-hydrogen) atoms. The van der Waals surface area contributed by atoms with Gasteiger partial charge in [0, 0.05) is 11.3 Å². The third kappa shape index (κ3) is 2.34. The van der Waals surface area contributed by atoms with E-state index in [9.17, 15) is 0 Å². The van der Waals surface area contributed by atoms with Crippen molar-refractivity contribution in [3.8, 4) is 17.2 Å². The molecule has 1 aliphatic heterocycles. The second-order valence-electron chi connectivity index (χ2n) is 3.34. The first-order valence-corrected chi connectivity index (χ1v) is 6.11. The van der Waals surface area contributed by atoms with Gasteiger partial charge in [0.2, 0.25) is 5.75 Å². The quantitative estimate of drug-likeness (QED) is 0.824. The summed E-state index contributed by atoms with van der Waals surface area (Å²) in [6.07, 6.45) is 0. The first kappa shape index (κ1) is 12.1. The Morgan fingerprint density at radius 2 is 1.71 bits per heavy atom. The molecular formula is C12H14NO3S. The van der Waals surface area contributed by atoms with E-state index in [1.807, 2.05) is 18.7 Å². The third-order valence-corrected chi connectivity index (χ3v) is 3.35. The van der Waals surface area contributed by atoms with Gasteiger partial charge in [-0.05, 0) is 12.1 Å². The van der Waals surface area contributed by atoms with Crippen molar-refractivity contribution in [1.29, 1.82) is 0 Å². The van der Waals surface area contributed by atoms with Crippen molar-refractivity contribution in [3.63, 3.8) is 0 Å². The molecule has 0 unspecified atom stereocenters. The SMILES string of the molecule is COc1cc(C2=N[CH]CS2)cc(OC)c1OC. The Balaban J connectivity index is 2.48. The monoisotopic (exact) mass is 252 g/mol. The molecule has 1 heterocycles. The van der Waals surface area contributed by atoms with Crippen molar-refractivity contribution in [3.05, 3.63) is 24.2 Å². The second-order valence-corrected chi connectivity index (χ2v) is 4.35. The van der Waals surface area contributed by atoms with Gasteiger partial charge in [0.05, 0.1) is 32.9 Å². The molecule has 2 rings (SSSR count). The van der Waals surface area contributed by atoms with Crippen LogP contribution < -0.4 is 14.2 Å². The zero-order valence-electron chi connectivity index (χ0n) is 10.0. The van der Waals surface area contributed by atoms with Gasteiger partial charge in [-0.25, -0.2) is 0 Å². The Labute approximate surface area is 105 Å². The molecule has 4 nitrogen and oxygen atoms in total. The van der Waals surface area contributed by atoms with Crippen molar-refractivity contribution in [1.82, 2.24) is 0 Å². The van der Waals surface area contributed by atoms with E-state index in [-0.39, 0.29) is 0 Å². The van der Waals surface area contributed by atoms with Crippen molar-refractivity contribution in [2.75, 3.05) is 27.1 Å². The maximum Gasteiger partial charge on any atom is 0.203 e. The molecule has 0 fully saturated rings.